The van der Waals surface area contributed by atoms with Gasteiger partial charge in [0.05, 0.1) is 17.1 Å². The van der Waals surface area contributed by atoms with Gasteiger partial charge < -0.3 is 5.32 Å². The Labute approximate surface area is 144 Å². The van der Waals surface area contributed by atoms with Crippen molar-refractivity contribution in [3.05, 3.63) is 70.4 Å². The number of benzene rings is 2. The Morgan fingerprint density at radius 2 is 1.88 bits per heavy atom. The number of Topliss-reactive ketones (excluding diaryl/α,β-unsaturated/α-hetero) is 1. The summed E-state index contributed by atoms with van der Waals surface area (Å²) < 4.78 is 2.06. The number of halogens is 1. The van der Waals surface area contributed by atoms with Crippen LogP contribution in [-0.2, 0) is 4.79 Å². The number of allylic oxidation sites excluding steroid dienone is 2. The molecule has 0 radical (unpaired) electrons. The first-order valence-corrected chi connectivity index (χ1v) is 8.16. The van der Waals surface area contributed by atoms with Gasteiger partial charge in [0, 0.05) is 16.3 Å². The smallest absolute Gasteiger partial charge is 0.209 e. The predicted octanol–water partition coefficient (Wildman–Crippen LogP) is 4.57. The predicted molar refractivity (Wildman–Crippen MR) is 96.3 cm³/mol. The molecule has 0 bridgehead atoms. The van der Waals surface area contributed by atoms with Crippen molar-refractivity contribution in [1.29, 1.82) is 0 Å². The highest BCUT2D eigenvalue weighted by atomic mass is 35.5. The third-order valence-electron chi connectivity index (χ3n) is 4.41. The molecule has 120 valence electrons. The van der Waals surface area contributed by atoms with Crippen molar-refractivity contribution in [2.24, 2.45) is 0 Å². The Kier molecular flexibility index (Phi) is 3.43. The minimum absolute atomic E-state index is 0.0216. The molecular formula is C19H16ClN3O. The lowest BCUT2D eigenvalue weighted by atomic mass is 9.92. The van der Waals surface area contributed by atoms with E-state index in [1.54, 1.807) is 6.92 Å². The van der Waals surface area contributed by atoms with Crippen LogP contribution < -0.4 is 5.32 Å². The molecule has 0 amide bonds. The van der Waals surface area contributed by atoms with Crippen LogP contribution in [0.15, 0.2) is 59.8 Å². The molecule has 3 aromatic rings. The number of ketones is 1. The quantitative estimate of drug-likeness (QED) is 0.745. The maximum Gasteiger partial charge on any atom is 0.209 e. The number of nitrogens with zero attached hydrogens (tertiary/aromatic N) is 2. The number of aromatic nitrogens is 2. The highest BCUT2D eigenvalue weighted by Crippen LogP contribution is 2.41. The van der Waals surface area contributed by atoms with Gasteiger partial charge in [-0.3, -0.25) is 9.36 Å². The van der Waals surface area contributed by atoms with Crippen molar-refractivity contribution in [3.63, 3.8) is 0 Å². The zero-order valence-corrected chi connectivity index (χ0v) is 14.1. The molecule has 1 aromatic heterocycles. The topological polar surface area (TPSA) is 46.9 Å². The first kappa shape index (κ1) is 15.0. The summed E-state index contributed by atoms with van der Waals surface area (Å²) in [5.74, 6) is 0.747. The number of hydrogen-bond acceptors (Lipinski definition) is 3. The van der Waals surface area contributed by atoms with Gasteiger partial charge in [-0.15, -0.1) is 0 Å². The second-order valence-electron chi connectivity index (χ2n) is 5.94. The number of fused-ring (bicyclic) bond motifs is 3. The van der Waals surface area contributed by atoms with Gasteiger partial charge in [0.15, 0.2) is 5.78 Å². The van der Waals surface area contributed by atoms with Gasteiger partial charge in [-0.25, -0.2) is 4.98 Å². The minimum atomic E-state index is -0.292. The molecule has 1 aliphatic heterocycles. The maximum atomic E-state index is 12.4. The van der Waals surface area contributed by atoms with Crippen LogP contribution >= 0.6 is 11.6 Å². The molecule has 4 nitrogen and oxygen atoms in total. The van der Waals surface area contributed by atoms with E-state index in [0.717, 1.165) is 28.2 Å². The molecule has 2 heterocycles. The second kappa shape index (κ2) is 5.49. The molecule has 5 heteroatoms. The summed E-state index contributed by atoms with van der Waals surface area (Å²) in [5, 5.41) is 3.91. The number of para-hydroxylation sites is 2. The molecule has 2 aromatic carbocycles. The highest BCUT2D eigenvalue weighted by Gasteiger charge is 2.33. The van der Waals surface area contributed by atoms with Gasteiger partial charge in [-0.1, -0.05) is 41.9 Å². The van der Waals surface area contributed by atoms with E-state index in [2.05, 4.69) is 14.9 Å². The molecule has 0 spiro atoms. The summed E-state index contributed by atoms with van der Waals surface area (Å²) >= 11 is 6.47. The number of carbonyl (C=O) groups excluding carboxylic acids is 1. The van der Waals surface area contributed by atoms with E-state index in [9.17, 15) is 4.79 Å². The third kappa shape index (κ3) is 2.14. The molecule has 0 aliphatic carbocycles. The van der Waals surface area contributed by atoms with Crippen LogP contribution in [0.4, 0.5) is 5.95 Å². The number of hydrogen-bond donors (Lipinski definition) is 1. The van der Waals surface area contributed by atoms with Gasteiger partial charge in [0.2, 0.25) is 5.95 Å². The average molecular weight is 338 g/mol. The van der Waals surface area contributed by atoms with E-state index in [0.29, 0.717) is 10.6 Å². The number of carbonyl (C=O) groups is 1. The molecule has 1 atom stereocenters. The SMILES string of the molecule is CC(=O)C1=C(C)Nc2nc3ccccc3n2[C@@H]1c1ccccc1Cl. The van der Waals surface area contributed by atoms with Crippen LogP contribution in [0.2, 0.25) is 5.02 Å². The summed E-state index contributed by atoms with van der Waals surface area (Å²) in [4.78, 5) is 17.1. The summed E-state index contributed by atoms with van der Waals surface area (Å²) in [6.07, 6.45) is 0. The van der Waals surface area contributed by atoms with Crippen molar-refractivity contribution in [2.45, 2.75) is 19.9 Å². The summed E-state index contributed by atoms with van der Waals surface area (Å²) in [6.45, 7) is 3.50. The lowest BCUT2D eigenvalue weighted by Crippen LogP contribution is -2.27. The highest BCUT2D eigenvalue weighted by molar-refractivity contribution is 6.31. The van der Waals surface area contributed by atoms with Crippen molar-refractivity contribution >= 4 is 34.4 Å². The Balaban J connectivity index is 2.07. The van der Waals surface area contributed by atoms with E-state index in [1.165, 1.54) is 0 Å². The zero-order chi connectivity index (χ0) is 16.8. The number of rotatable bonds is 2. The molecule has 4 rings (SSSR count). The summed E-state index contributed by atoms with van der Waals surface area (Å²) in [6, 6.07) is 15.3. The Hall–Kier alpha value is -2.59. The second-order valence-corrected chi connectivity index (χ2v) is 6.35. The number of anilines is 1. The van der Waals surface area contributed by atoms with E-state index in [1.807, 2.05) is 55.5 Å². The van der Waals surface area contributed by atoms with E-state index in [4.69, 9.17) is 11.6 Å². The molecule has 1 N–H and O–H groups in total. The zero-order valence-electron chi connectivity index (χ0n) is 13.4. The van der Waals surface area contributed by atoms with E-state index >= 15 is 0 Å². The van der Waals surface area contributed by atoms with Gasteiger partial charge in [0.1, 0.15) is 0 Å². The first-order valence-electron chi connectivity index (χ1n) is 7.78. The van der Waals surface area contributed by atoms with Crippen molar-refractivity contribution in [3.8, 4) is 0 Å². The standard InChI is InChI=1S/C19H16ClN3O/c1-11-17(12(2)24)18(13-7-3-4-8-14(13)20)23-16-10-6-5-9-15(16)22-19(23)21-11/h3-10,18H,1-2H3,(H,21,22)/t18-/m1/s1. The average Bonchev–Trinajstić information content (AvgIpc) is 2.91. The molecule has 0 saturated heterocycles. The largest absolute Gasteiger partial charge is 0.329 e. The van der Waals surface area contributed by atoms with Gasteiger partial charge in [0.25, 0.3) is 0 Å². The number of nitrogens with one attached hydrogen (secondary N) is 1. The van der Waals surface area contributed by atoms with Gasteiger partial charge in [-0.05, 0) is 37.6 Å². The van der Waals surface area contributed by atoms with Gasteiger partial charge in [-0.2, -0.15) is 0 Å². The lowest BCUT2D eigenvalue weighted by molar-refractivity contribution is -0.114. The van der Waals surface area contributed by atoms with E-state index in [-0.39, 0.29) is 11.8 Å². The lowest BCUT2D eigenvalue weighted by Gasteiger charge is -2.30. The first-order chi connectivity index (χ1) is 11.6. The monoisotopic (exact) mass is 337 g/mol. The summed E-state index contributed by atoms with van der Waals surface area (Å²) in [7, 11) is 0. The summed E-state index contributed by atoms with van der Waals surface area (Å²) in [5.41, 5.74) is 4.27. The Morgan fingerprint density at radius 3 is 2.62 bits per heavy atom. The minimum Gasteiger partial charge on any atom is -0.329 e. The molecule has 24 heavy (non-hydrogen) atoms. The normalized spacial score (nSPS) is 16.9. The fraction of sp³-hybridized carbons (Fsp3) is 0.158. The van der Waals surface area contributed by atoms with Gasteiger partial charge >= 0.3 is 0 Å². The van der Waals surface area contributed by atoms with E-state index < -0.39 is 0 Å². The number of imidazole rings is 1. The fourth-order valence-electron chi connectivity index (χ4n) is 3.41. The molecule has 1 aliphatic rings. The fourth-order valence-corrected chi connectivity index (χ4v) is 3.65. The third-order valence-corrected chi connectivity index (χ3v) is 4.75. The van der Waals surface area contributed by atoms with Crippen LogP contribution in [0, 0.1) is 0 Å². The Morgan fingerprint density at radius 1 is 1.17 bits per heavy atom. The molecule has 0 saturated carbocycles. The van der Waals surface area contributed by atoms with Crippen molar-refractivity contribution in [2.75, 3.05) is 5.32 Å². The van der Waals surface area contributed by atoms with Crippen LogP contribution in [0.25, 0.3) is 11.0 Å². The molecular weight excluding hydrogens is 322 g/mol. The van der Waals surface area contributed by atoms with Crippen LogP contribution in [-0.4, -0.2) is 15.3 Å². The van der Waals surface area contributed by atoms with Crippen molar-refractivity contribution in [1.82, 2.24) is 9.55 Å². The molecule has 0 fully saturated rings. The Bertz CT molecular complexity index is 1000. The van der Waals surface area contributed by atoms with Crippen LogP contribution in [0.3, 0.4) is 0 Å². The van der Waals surface area contributed by atoms with Crippen LogP contribution in [0.1, 0.15) is 25.5 Å². The maximum absolute atomic E-state index is 12.4. The molecule has 0 unspecified atom stereocenters. The van der Waals surface area contributed by atoms with Crippen LogP contribution in [0.5, 0.6) is 0 Å². The van der Waals surface area contributed by atoms with Crippen molar-refractivity contribution < 1.29 is 4.79 Å².